The molecule has 2 N–H and O–H groups in total. The third-order valence-corrected chi connectivity index (χ3v) is 5.86. The number of methoxy groups -OCH3 is 1. The summed E-state index contributed by atoms with van der Waals surface area (Å²) >= 11 is -2.56. The Morgan fingerprint density at radius 2 is 1.89 bits per heavy atom. The van der Waals surface area contributed by atoms with Crippen LogP contribution in [-0.4, -0.2) is 65.6 Å². The van der Waals surface area contributed by atoms with Crippen molar-refractivity contribution in [2.75, 3.05) is 50.1 Å². The molecule has 1 unspecified atom stereocenters. The summed E-state index contributed by atoms with van der Waals surface area (Å²) in [6.07, 6.45) is -4.47. The van der Waals surface area contributed by atoms with Crippen molar-refractivity contribution in [3.63, 3.8) is 0 Å². The van der Waals surface area contributed by atoms with Crippen LogP contribution < -0.4 is 25.0 Å². The van der Waals surface area contributed by atoms with Gasteiger partial charge in [0.05, 0.1) is 24.7 Å². The third-order valence-electron chi connectivity index (χ3n) is 5.12. The highest BCUT2D eigenvalue weighted by Crippen LogP contribution is 2.22. The molecule has 1 fully saturated rings. The van der Waals surface area contributed by atoms with Crippen molar-refractivity contribution in [2.45, 2.75) is 31.5 Å². The fourth-order valence-electron chi connectivity index (χ4n) is 3.33. The number of aromatic nitrogens is 3. The van der Waals surface area contributed by atoms with Crippen LogP contribution >= 0.6 is 0 Å². The second-order valence-corrected chi connectivity index (χ2v) is 9.18. The molecule has 1 aliphatic heterocycles. The molecular formula is C23H29F3N6O5S. The molecule has 0 radical (unpaired) electrons. The smallest absolute Gasteiger partial charge is 0.422 e. The zero-order valence-corrected chi connectivity index (χ0v) is 21.9. The first-order valence-corrected chi connectivity index (χ1v) is 12.7. The standard InChI is InChI=1S/C15H19F3N6O2.C8H10O3S/c1-10-2-3-11(26-10)8-20-12-21-13(24-6-4-19-5-7-24)23-14(22-12)25-9-15(16,17)18;1-6-3-4-7(11-2)8(5-6)12(9)10/h2-3,19H,4-9H2,1H3,(H,20,21,22,23);3-5,12H,1-2H3. The van der Waals surface area contributed by atoms with Crippen molar-refractivity contribution in [1.82, 2.24) is 20.3 Å². The van der Waals surface area contributed by atoms with Crippen LogP contribution in [0.1, 0.15) is 17.1 Å². The Morgan fingerprint density at radius 3 is 2.50 bits per heavy atom. The van der Waals surface area contributed by atoms with Gasteiger partial charge in [0, 0.05) is 26.2 Å². The molecule has 0 spiro atoms. The molecule has 2 aromatic heterocycles. The van der Waals surface area contributed by atoms with E-state index in [1.165, 1.54) is 7.11 Å². The first-order chi connectivity index (χ1) is 18.0. The molecule has 0 saturated carbocycles. The summed E-state index contributed by atoms with van der Waals surface area (Å²) in [6.45, 7) is 5.23. The summed E-state index contributed by atoms with van der Waals surface area (Å²) in [6, 6.07) is 8.28. The number of rotatable bonds is 8. The third kappa shape index (κ3) is 9.15. The van der Waals surface area contributed by atoms with Crippen LogP contribution in [0.25, 0.3) is 0 Å². The second-order valence-electron chi connectivity index (χ2n) is 8.18. The van der Waals surface area contributed by atoms with Gasteiger partial charge < -0.3 is 34.0 Å². The van der Waals surface area contributed by atoms with Crippen molar-refractivity contribution in [2.24, 2.45) is 0 Å². The van der Waals surface area contributed by atoms with E-state index in [0.29, 0.717) is 24.6 Å². The van der Waals surface area contributed by atoms with Crippen molar-refractivity contribution in [3.8, 4) is 11.8 Å². The molecule has 0 bridgehead atoms. The normalized spacial score (nSPS) is 14.3. The monoisotopic (exact) mass is 558 g/mol. The highest BCUT2D eigenvalue weighted by atomic mass is 32.2. The molecule has 1 saturated heterocycles. The summed E-state index contributed by atoms with van der Waals surface area (Å²) in [4.78, 5) is 14.3. The Bertz CT molecular complexity index is 1220. The van der Waals surface area contributed by atoms with Crippen LogP contribution in [0, 0.1) is 13.8 Å². The SMILES string of the molecule is COc1ccc(C)cc1[SH+](=O)[O-].Cc1ccc(CNc2nc(OCC(F)(F)F)nc(N3CCNCC3)n2)o1. The van der Waals surface area contributed by atoms with Gasteiger partial charge in [-0.3, -0.25) is 0 Å². The molecule has 1 aromatic carbocycles. The Labute approximate surface area is 220 Å². The van der Waals surface area contributed by atoms with E-state index in [9.17, 15) is 21.9 Å². The van der Waals surface area contributed by atoms with Crippen LogP contribution in [0.4, 0.5) is 25.1 Å². The predicted octanol–water partition coefficient (Wildman–Crippen LogP) is 2.92. The Hall–Kier alpha value is -3.43. The van der Waals surface area contributed by atoms with Gasteiger partial charge in [0.2, 0.25) is 11.9 Å². The topological polar surface area (TPSA) is 138 Å². The van der Waals surface area contributed by atoms with Crippen LogP contribution in [0.2, 0.25) is 0 Å². The highest BCUT2D eigenvalue weighted by molar-refractivity contribution is 7.79. The van der Waals surface area contributed by atoms with Crippen molar-refractivity contribution in [1.29, 1.82) is 0 Å². The largest absolute Gasteiger partial charge is 0.612 e. The van der Waals surface area contributed by atoms with Crippen molar-refractivity contribution in [3.05, 3.63) is 47.4 Å². The first kappa shape index (κ1) is 29.1. The maximum Gasteiger partial charge on any atom is 0.422 e. The number of benzene rings is 1. The number of furan rings is 1. The van der Waals surface area contributed by atoms with E-state index in [2.05, 4.69) is 25.6 Å². The molecule has 1 aliphatic rings. The number of nitrogens with one attached hydrogen (secondary N) is 2. The van der Waals surface area contributed by atoms with E-state index in [0.717, 1.165) is 24.4 Å². The lowest BCUT2D eigenvalue weighted by Crippen LogP contribution is -2.44. The van der Waals surface area contributed by atoms with Crippen LogP contribution in [0.15, 0.2) is 39.6 Å². The molecule has 38 heavy (non-hydrogen) atoms. The number of hydrogen-bond donors (Lipinski definition) is 2. The summed E-state index contributed by atoms with van der Waals surface area (Å²) < 4.78 is 73.7. The minimum atomic E-state index is -4.47. The lowest BCUT2D eigenvalue weighted by molar-refractivity contribution is -0.154. The summed E-state index contributed by atoms with van der Waals surface area (Å²) in [7, 11) is 1.45. The number of alkyl halides is 3. The number of thiol groups is 1. The van der Waals surface area contributed by atoms with E-state index in [1.807, 2.05) is 24.8 Å². The Kier molecular flexibility index (Phi) is 10.3. The van der Waals surface area contributed by atoms with Gasteiger partial charge in [-0.05, 0) is 43.7 Å². The quantitative estimate of drug-likeness (QED) is 0.312. The molecule has 0 amide bonds. The van der Waals surface area contributed by atoms with Crippen LogP contribution in [0.5, 0.6) is 11.8 Å². The average Bonchev–Trinajstić information content (AvgIpc) is 3.31. The number of piperazine rings is 1. The molecule has 3 aromatic rings. The van der Waals surface area contributed by atoms with Crippen LogP contribution in [-0.2, 0) is 21.8 Å². The Balaban J connectivity index is 0.000000279. The fourth-order valence-corrected chi connectivity index (χ4v) is 3.99. The summed E-state index contributed by atoms with van der Waals surface area (Å²) in [5.74, 6) is 2.21. The maximum atomic E-state index is 12.4. The minimum absolute atomic E-state index is 0.125. The maximum absolute atomic E-state index is 12.4. The van der Waals surface area contributed by atoms with Crippen molar-refractivity contribution >= 4 is 23.0 Å². The molecule has 208 valence electrons. The molecule has 15 heteroatoms. The zero-order valence-electron chi connectivity index (χ0n) is 21.0. The van der Waals surface area contributed by atoms with Gasteiger partial charge in [-0.2, -0.15) is 28.1 Å². The summed E-state index contributed by atoms with van der Waals surface area (Å²) in [5.41, 5.74) is 0.907. The van der Waals surface area contributed by atoms with Gasteiger partial charge in [-0.15, -0.1) is 4.21 Å². The molecule has 3 heterocycles. The van der Waals surface area contributed by atoms with Gasteiger partial charge in [0.1, 0.15) is 11.5 Å². The average molecular weight is 559 g/mol. The van der Waals surface area contributed by atoms with E-state index >= 15 is 0 Å². The number of hydrogen-bond acceptors (Lipinski definition) is 11. The van der Waals surface area contributed by atoms with Crippen molar-refractivity contribution < 1.29 is 35.8 Å². The number of anilines is 2. The molecule has 0 aliphatic carbocycles. The first-order valence-electron chi connectivity index (χ1n) is 11.5. The van der Waals surface area contributed by atoms with Gasteiger partial charge in [-0.1, -0.05) is 6.07 Å². The number of aryl methyl sites for hydroxylation is 2. The number of ether oxygens (including phenoxy) is 2. The van der Waals surface area contributed by atoms with E-state index in [1.54, 1.807) is 24.3 Å². The van der Waals surface area contributed by atoms with Gasteiger partial charge >= 0.3 is 12.2 Å². The second kappa shape index (κ2) is 13.4. The fraction of sp³-hybridized carbons (Fsp3) is 0.435. The van der Waals surface area contributed by atoms with Gasteiger partial charge in [-0.25, -0.2) is 0 Å². The van der Waals surface area contributed by atoms with E-state index in [4.69, 9.17) is 13.9 Å². The molecule has 1 atom stereocenters. The zero-order chi connectivity index (χ0) is 27.7. The predicted molar refractivity (Wildman–Crippen MR) is 133 cm³/mol. The minimum Gasteiger partial charge on any atom is -0.612 e. The lowest BCUT2D eigenvalue weighted by atomic mass is 10.2. The van der Waals surface area contributed by atoms with Gasteiger partial charge in [0.25, 0.3) is 0 Å². The van der Waals surface area contributed by atoms with Gasteiger partial charge in [0.15, 0.2) is 17.3 Å². The van der Waals surface area contributed by atoms with E-state index < -0.39 is 23.9 Å². The molecular weight excluding hydrogens is 529 g/mol. The Morgan fingerprint density at radius 1 is 1.16 bits per heavy atom. The lowest BCUT2D eigenvalue weighted by Gasteiger charge is -2.27. The van der Waals surface area contributed by atoms with Crippen LogP contribution in [0.3, 0.4) is 0 Å². The number of nitrogens with zero attached hydrogens (tertiary/aromatic N) is 4. The summed E-state index contributed by atoms with van der Waals surface area (Å²) in [5, 5.41) is 6.12. The van der Waals surface area contributed by atoms with E-state index in [-0.39, 0.29) is 29.3 Å². The number of halogens is 3. The highest BCUT2D eigenvalue weighted by Gasteiger charge is 2.29. The molecule has 4 rings (SSSR count). The molecule has 11 nitrogen and oxygen atoms in total.